The van der Waals surface area contributed by atoms with E-state index in [0.717, 1.165) is 22.4 Å². The Labute approximate surface area is 156 Å². The minimum absolute atomic E-state index is 0.0953. The third-order valence-electron chi connectivity index (χ3n) is 4.44. The van der Waals surface area contributed by atoms with E-state index in [2.05, 4.69) is 5.32 Å². The smallest absolute Gasteiger partial charge is 0.225 e. The van der Waals surface area contributed by atoms with E-state index < -0.39 is 10.0 Å². The Morgan fingerprint density at radius 3 is 2.15 bits per heavy atom. The third kappa shape index (κ3) is 5.16. The van der Waals surface area contributed by atoms with Gasteiger partial charge in [0.05, 0.1) is 6.26 Å². The molecular formula is C20H26N2O3S. The van der Waals surface area contributed by atoms with Crippen LogP contribution in [-0.2, 0) is 14.8 Å². The monoisotopic (exact) mass is 374 g/mol. The van der Waals surface area contributed by atoms with Gasteiger partial charge in [-0.05, 0) is 37.5 Å². The summed E-state index contributed by atoms with van der Waals surface area (Å²) >= 11 is 0. The summed E-state index contributed by atoms with van der Waals surface area (Å²) in [4.78, 5) is 12.4. The molecule has 140 valence electrons. The van der Waals surface area contributed by atoms with Gasteiger partial charge < -0.3 is 5.32 Å². The fraction of sp³-hybridized carbons (Fsp3) is 0.350. The summed E-state index contributed by atoms with van der Waals surface area (Å²) in [5.74, 6) is -0.198. The topological polar surface area (TPSA) is 66.5 Å². The number of nitrogens with zero attached hydrogens (tertiary/aromatic N) is 1. The first-order valence-electron chi connectivity index (χ1n) is 8.58. The average molecular weight is 375 g/mol. The lowest BCUT2D eigenvalue weighted by Crippen LogP contribution is -2.35. The molecule has 2 aromatic rings. The Hall–Kier alpha value is -2.18. The van der Waals surface area contributed by atoms with Gasteiger partial charge in [-0.2, -0.15) is 4.31 Å². The molecule has 1 N–H and O–H groups in total. The molecule has 2 rings (SSSR count). The molecule has 6 heteroatoms. The van der Waals surface area contributed by atoms with Crippen molar-refractivity contribution >= 4 is 21.6 Å². The molecular weight excluding hydrogens is 348 g/mol. The zero-order valence-corrected chi connectivity index (χ0v) is 16.5. The van der Waals surface area contributed by atoms with Crippen LogP contribution >= 0.6 is 0 Å². The van der Waals surface area contributed by atoms with Gasteiger partial charge in [0.2, 0.25) is 15.9 Å². The predicted molar refractivity (Wildman–Crippen MR) is 106 cm³/mol. The van der Waals surface area contributed by atoms with Crippen molar-refractivity contribution in [2.45, 2.75) is 33.2 Å². The van der Waals surface area contributed by atoms with Crippen LogP contribution < -0.4 is 5.32 Å². The zero-order valence-electron chi connectivity index (χ0n) is 15.7. The molecule has 1 amide bonds. The largest absolute Gasteiger partial charge is 0.326 e. The number of hydrogen-bond donors (Lipinski definition) is 1. The Morgan fingerprint density at radius 1 is 1.04 bits per heavy atom. The van der Waals surface area contributed by atoms with E-state index in [1.165, 1.54) is 10.6 Å². The van der Waals surface area contributed by atoms with Crippen LogP contribution in [0.5, 0.6) is 0 Å². The molecule has 5 nitrogen and oxygen atoms in total. The van der Waals surface area contributed by atoms with E-state index in [9.17, 15) is 13.2 Å². The number of amides is 1. The molecule has 26 heavy (non-hydrogen) atoms. The second-order valence-corrected chi connectivity index (χ2v) is 8.46. The van der Waals surface area contributed by atoms with Crippen molar-refractivity contribution in [1.29, 1.82) is 0 Å². The van der Waals surface area contributed by atoms with E-state index in [-0.39, 0.29) is 24.9 Å². The van der Waals surface area contributed by atoms with Crippen LogP contribution in [0.1, 0.15) is 36.1 Å². The molecule has 0 saturated heterocycles. The van der Waals surface area contributed by atoms with Crippen molar-refractivity contribution in [3.05, 3.63) is 65.2 Å². The lowest BCUT2D eigenvalue weighted by Gasteiger charge is -2.27. The standard InChI is InChI=1S/C20H26N2O3S/c1-15-9-8-10-16(2)20(15)21-19(23)13-14-22(26(4,24)25)17(3)18-11-6-5-7-12-18/h5-12,17H,13-14H2,1-4H3,(H,21,23). The Balaban J connectivity index is 2.09. The molecule has 0 aliphatic heterocycles. The van der Waals surface area contributed by atoms with Gasteiger partial charge in [0.15, 0.2) is 0 Å². The third-order valence-corrected chi connectivity index (χ3v) is 5.80. The highest BCUT2D eigenvalue weighted by Crippen LogP contribution is 2.23. The highest BCUT2D eigenvalue weighted by atomic mass is 32.2. The van der Waals surface area contributed by atoms with Crippen LogP contribution in [0.15, 0.2) is 48.5 Å². The fourth-order valence-corrected chi connectivity index (χ4v) is 4.09. The van der Waals surface area contributed by atoms with E-state index in [1.807, 2.05) is 69.3 Å². The van der Waals surface area contributed by atoms with Crippen molar-refractivity contribution in [1.82, 2.24) is 4.31 Å². The second kappa shape index (κ2) is 8.47. The summed E-state index contributed by atoms with van der Waals surface area (Å²) in [6.45, 7) is 5.83. The maximum Gasteiger partial charge on any atom is 0.225 e. The number of nitrogens with one attached hydrogen (secondary N) is 1. The summed E-state index contributed by atoms with van der Waals surface area (Å²) < 4.78 is 25.8. The fourth-order valence-electron chi connectivity index (χ4n) is 2.97. The quantitative estimate of drug-likeness (QED) is 0.804. The summed E-state index contributed by atoms with van der Waals surface area (Å²) in [5, 5.41) is 2.90. The van der Waals surface area contributed by atoms with Crippen LogP contribution in [0.3, 0.4) is 0 Å². The molecule has 0 fully saturated rings. The minimum Gasteiger partial charge on any atom is -0.326 e. The number of rotatable bonds is 7. The van der Waals surface area contributed by atoms with Gasteiger partial charge in [-0.25, -0.2) is 8.42 Å². The van der Waals surface area contributed by atoms with Gasteiger partial charge in [-0.15, -0.1) is 0 Å². The first kappa shape index (κ1) is 20.1. The number of benzene rings is 2. The van der Waals surface area contributed by atoms with Crippen molar-refractivity contribution in [3.8, 4) is 0 Å². The molecule has 0 spiro atoms. The molecule has 1 atom stereocenters. The lowest BCUT2D eigenvalue weighted by molar-refractivity contribution is -0.116. The number of anilines is 1. The molecule has 2 aromatic carbocycles. The maximum atomic E-state index is 12.4. The normalized spacial score (nSPS) is 12.8. The van der Waals surface area contributed by atoms with Gasteiger partial charge in [0.25, 0.3) is 0 Å². The van der Waals surface area contributed by atoms with Crippen LogP contribution in [-0.4, -0.2) is 31.4 Å². The molecule has 0 saturated carbocycles. The highest BCUT2D eigenvalue weighted by molar-refractivity contribution is 7.88. The molecule has 0 aliphatic rings. The van der Waals surface area contributed by atoms with Crippen molar-refractivity contribution in [3.63, 3.8) is 0 Å². The summed E-state index contributed by atoms with van der Waals surface area (Å²) in [7, 11) is -3.44. The van der Waals surface area contributed by atoms with Crippen LogP contribution in [0.25, 0.3) is 0 Å². The van der Waals surface area contributed by atoms with Crippen molar-refractivity contribution in [2.75, 3.05) is 18.1 Å². The van der Waals surface area contributed by atoms with Gasteiger partial charge in [0.1, 0.15) is 0 Å². The molecule has 0 aliphatic carbocycles. The van der Waals surface area contributed by atoms with Gasteiger partial charge in [-0.1, -0.05) is 48.5 Å². The van der Waals surface area contributed by atoms with Crippen LogP contribution in [0.2, 0.25) is 0 Å². The van der Waals surface area contributed by atoms with Crippen LogP contribution in [0.4, 0.5) is 5.69 Å². The Kier molecular flexibility index (Phi) is 6.56. The van der Waals surface area contributed by atoms with E-state index in [1.54, 1.807) is 0 Å². The van der Waals surface area contributed by atoms with Crippen molar-refractivity contribution < 1.29 is 13.2 Å². The second-order valence-electron chi connectivity index (χ2n) is 6.53. The summed E-state index contributed by atoms with van der Waals surface area (Å²) in [5.41, 5.74) is 3.65. The Morgan fingerprint density at radius 2 is 1.62 bits per heavy atom. The molecule has 0 heterocycles. The van der Waals surface area contributed by atoms with E-state index in [4.69, 9.17) is 0 Å². The summed E-state index contributed by atoms with van der Waals surface area (Å²) in [6, 6.07) is 14.9. The van der Waals surface area contributed by atoms with Gasteiger partial charge >= 0.3 is 0 Å². The number of carbonyl (C=O) groups is 1. The number of aryl methyl sites for hydroxylation is 2. The lowest BCUT2D eigenvalue weighted by atomic mass is 10.1. The highest BCUT2D eigenvalue weighted by Gasteiger charge is 2.25. The molecule has 0 bridgehead atoms. The van der Waals surface area contributed by atoms with E-state index in [0.29, 0.717) is 0 Å². The first-order chi connectivity index (χ1) is 12.2. The Bertz CT molecular complexity index is 844. The molecule has 0 aromatic heterocycles. The minimum atomic E-state index is -3.44. The molecule has 0 radical (unpaired) electrons. The number of hydrogen-bond acceptors (Lipinski definition) is 3. The first-order valence-corrected chi connectivity index (χ1v) is 10.4. The van der Waals surface area contributed by atoms with Gasteiger partial charge in [0, 0.05) is 24.7 Å². The zero-order chi connectivity index (χ0) is 19.3. The molecule has 1 unspecified atom stereocenters. The van der Waals surface area contributed by atoms with Gasteiger partial charge in [-0.3, -0.25) is 4.79 Å². The SMILES string of the molecule is Cc1cccc(C)c1NC(=O)CCN(C(C)c1ccccc1)S(C)(=O)=O. The predicted octanol–water partition coefficient (Wildman–Crippen LogP) is 3.65. The van der Waals surface area contributed by atoms with E-state index >= 15 is 0 Å². The number of para-hydroxylation sites is 1. The maximum absolute atomic E-state index is 12.4. The summed E-state index contributed by atoms with van der Waals surface area (Å²) in [6.07, 6.45) is 1.27. The number of sulfonamides is 1. The average Bonchev–Trinajstić information content (AvgIpc) is 2.58. The van der Waals surface area contributed by atoms with Crippen LogP contribution in [0, 0.1) is 13.8 Å². The van der Waals surface area contributed by atoms with Crippen molar-refractivity contribution in [2.24, 2.45) is 0 Å². The number of carbonyl (C=O) groups excluding carboxylic acids is 1.